The minimum Gasteiger partial charge on any atom is -0.492 e. The number of rotatable bonds is 8. The molecule has 1 aliphatic rings. The number of benzene rings is 2. The second kappa shape index (κ2) is 9.42. The Balaban J connectivity index is 1.24. The van der Waals surface area contributed by atoms with E-state index in [1.54, 1.807) is 0 Å². The van der Waals surface area contributed by atoms with Crippen LogP contribution in [0.25, 0.3) is 10.9 Å². The van der Waals surface area contributed by atoms with Crippen LogP contribution in [0.15, 0.2) is 58.9 Å². The van der Waals surface area contributed by atoms with E-state index >= 15 is 0 Å². The number of aromatic nitrogens is 2. The van der Waals surface area contributed by atoms with E-state index in [9.17, 15) is 4.79 Å². The molecule has 0 fully saturated rings. The maximum absolute atomic E-state index is 11.5. The van der Waals surface area contributed by atoms with Crippen LogP contribution < -0.4 is 15.4 Å². The molecule has 3 aromatic rings. The van der Waals surface area contributed by atoms with Gasteiger partial charge in [0.2, 0.25) is 0 Å². The molecule has 0 spiro atoms. The highest BCUT2D eigenvalue weighted by atomic mass is 16.5. The molecule has 2 aromatic carbocycles. The number of hydrogen-bond acceptors (Lipinski definition) is 5. The number of fused-ring (bicyclic) bond motifs is 1. The molecule has 0 saturated carbocycles. The number of carbonyl (C=O) groups excluding carboxylic acids is 1. The van der Waals surface area contributed by atoms with E-state index in [1.807, 2.05) is 50.4 Å². The van der Waals surface area contributed by atoms with Crippen molar-refractivity contribution in [2.24, 2.45) is 10.2 Å². The molecular weight excluding hydrogens is 392 g/mol. The summed E-state index contributed by atoms with van der Waals surface area (Å²) in [6.45, 7) is 4.68. The molecule has 0 bridgehead atoms. The molecule has 8 nitrogen and oxygen atoms in total. The number of H-pyrrole nitrogens is 1. The molecule has 0 atom stereocenters. The summed E-state index contributed by atoms with van der Waals surface area (Å²) in [6, 6.07) is 14.0. The molecule has 2 amide bonds. The van der Waals surface area contributed by atoms with Gasteiger partial charge in [0.05, 0.1) is 29.7 Å². The van der Waals surface area contributed by atoms with E-state index in [0.717, 1.165) is 46.5 Å². The molecule has 4 rings (SSSR count). The van der Waals surface area contributed by atoms with Crippen LogP contribution in [0.1, 0.15) is 31.4 Å². The average Bonchev–Trinajstić information content (AvgIpc) is 3.40. The largest absolute Gasteiger partial charge is 0.492 e. The van der Waals surface area contributed by atoms with E-state index in [1.165, 1.54) is 5.56 Å². The summed E-state index contributed by atoms with van der Waals surface area (Å²) in [4.78, 5) is 11.5. The molecule has 160 valence electrons. The van der Waals surface area contributed by atoms with Crippen LogP contribution in [0.2, 0.25) is 0 Å². The second-order valence-corrected chi connectivity index (χ2v) is 7.79. The van der Waals surface area contributed by atoms with Gasteiger partial charge in [0.25, 0.3) is 0 Å². The van der Waals surface area contributed by atoms with E-state index < -0.39 is 0 Å². The maximum atomic E-state index is 11.5. The minimum atomic E-state index is -0.186. The average molecular weight is 419 g/mol. The van der Waals surface area contributed by atoms with Crippen molar-refractivity contribution < 1.29 is 9.53 Å². The first-order valence-electron chi connectivity index (χ1n) is 10.4. The van der Waals surface area contributed by atoms with Gasteiger partial charge in [-0.25, -0.2) is 4.79 Å². The number of carbonyl (C=O) groups is 1. The zero-order valence-electron chi connectivity index (χ0n) is 17.7. The lowest BCUT2D eigenvalue weighted by Gasteiger charge is -2.11. The Kier molecular flexibility index (Phi) is 6.26. The van der Waals surface area contributed by atoms with Crippen LogP contribution >= 0.6 is 0 Å². The minimum absolute atomic E-state index is 0.108. The lowest BCUT2D eigenvalue weighted by Crippen LogP contribution is -2.41. The standard InChI is InChI=1S/C23H26N6O2/c1-15(2)26-23(30)24-9-10-31-20-6-4-17(5-7-20)22-13-19(27-29-22)12-16-3-8-21-18(11-16)14-25-28-21/h3-8,11,14-15H,9-10,12-13H2,1-2H3,(H,25,28)(H2,24,26,30). The Morgan fingerprint density at radius 3 is 2.81 bits per heavy atom. The Bertz CT molecular complexity index is 1110. The Morgan fingerprint density at radius 1 is 1.16 bits per heavy atom. The molecule has 0 radical (unpaired) electrons. The second-order valence-electron chi connectivity index (χ2n) is 7.79. The van der Waals surface area contributed by atoms with E-state index in [0.29, 0.717) is 13.2 Å². The number of ether oxygens (including phenoxy) is 1. The Hall–Kier alpha value is -3.68. The fraction of sp³-hybridized carbons (Fsp3) is 0.304. The molecule has 0 saturated heterocycles. The van der Waals surface area contributed by atoms with Gasteiger partial charge in [-0.3, -0.25) is 5.10 Å². The van der Waals surface area contributed by atoms with Crippen molar-refractivity contribution in [3.05, 3.63) is 59.8 Å². The number of urea groups is 1. The van der Waals surface area contributed by atoms with Gasteiger partial charge in [-0.2, -0.15) is 15.3 Å². The van der Waals surface area contributed by atoms with Gasteiger partial charge in [0, 0.05) is 24.3 Å². The van der Waals surface area contributed by atoms with Crippen LogP contribution in [-0.2, 0) is 6.42 Å². The van der Waals surface area contributed by atoms with Crippen molar-refractivity contribution in [2.45, 2.75) is 32.7 Å². The molecule has 0 aliphatic carbocycles. The molecule has 1 aromatic heterocycles. The van der Waals surface area contributed by atoms with Crippen LogP contribution in [0, 0.1) is 0 Å². The molecule has 1 aliphatic heterocycles. The van der Waals surface area contributed by atoms with E-state index in [4.69, 9.17) is 4.74 Å². The summed E-state index contributed by atoms with van der Waals surface area (Å²) in [7, 11) is 0. The molecule has 2 heterocycles. The van der Waals surface area contributed by atoms with Crippen molar-refractivity contribution in [1.29, 1.82) is 0 Å². The number of hydrogen-bond donors (Lipinski definition) is 3. The monoisotopic (exact) mass is 418 g/mol. The van der Waals surface area contributed by atoms with E-state index in [2.05, 4.69) is 43.2 Å². The number of aromatic amines is 1. The van der Waals surface area contributed by atoms with Gasteiger partial charge in [0.15, 0.2) is 0 Å². The van der Waals surface area contributed by atoms with Crippen LogP contribution in [0.5, 0.6) is 5.75 Å². The SMILES string of the molecule is CC(C)NC(=O)NCCOc1ccc(C2=NN=C(Cc3ccc4[nH]ncc4c3)C2)cc1. The summed E-state index contributed by atoms with van der Waals surface area (Å²) in [5.74, 6) is 0.753. The zero-order valence-corrected chi connectivity index (χ0v) is 17.7. The first-order chi connectivity index (χ1) is 15.1. The molecule has 31 heavy (non-hydrogen) atoms. The van der Waals surface area contributed by atoms with Crippen molar-refractivity contribution in [1.82, 2.24) is 20.8 Å². The smallest absolute Gasteiger partial charge is 0.315 e. The zero-order chi connectivity index (χ0) is 21.6. The lowest BCUT2D eigenvalue weighted by molar-refractivity contribution is 0.234. The molecule has 3 N–H and O–H groups in total. The third-order valence-electron chi connectivity index (χ3n) is 4.86. The maximum Gasteiger partial charge on any atom is 0.315 e. The van der Waals surface area contributed by atoms with Crippen molar-refractivity contribution in [3.63, 3.8) is 0 Å². The fourth-order valence-electron chi connectivity index (χ4n) is 3.38. The van der Waals surface area contributed by atoms with Crippen LogP contribution in [0.4, 0.5) is 4.79 Å². The quantitative estimate of drug-likeness (QED) is 0.488. The number of nitrogens with one attached hydrogen (secondary N) is 3. The third-order valence-corrected chi connectivity index (χ3v) is 4.86. The van der Waals surface area contributed by atoms with Crippen LogP contribution in [0.3, 0.4) is 0 Å². The first-order valence-corrected chi connectivity index (χ1v) is 10.4. The topological polar surface area (TPSA) is 104 Å². The van der Waals surface area contributed by atoms with Crippen molar-refractivity contribution in [3.8, 4) is 5.75 Å². The third kappa shape index (κ3) is 5.48. The van der Waals surface area contributed by atoms with Crippen LogP contribution in [-0.4, -0.2) is 46.8 Å². The van der Waals surface area contributed by atoms with Crippen molar-refractivity contribution >= 4 is 28.4 Å². The summed E-state index contributed by atoms with van der Waals surface area (Å²) in [5.41, 5.74) is 5.27. The molecule has 0 unspecified atom stereocenters. The predicted octanol–water partition coefficient (Wildman–Crippen LogP) is 3.44. The highest BCUT2D eigenvalue weighted by Crippen LogP contribution is 2.19. The number of amides is 2. The fourth-order valence-corrected chi connectivity index (χ4v) is 3.38. The summed E-state index contributed by atoms with van der Waals surface area (Å²) in [5, 5.41) is 22.4. The predicted molar refractivity (Wildman–Crippen MR) is 122 cm³/mol. The van der Waals surface area contributed by atoms with Gasteiger partial charge in [-0.05, 0) is 61.4 Å². The highest BCUT2D eigenvalue weighted by Gasteiger charge is 2.15. The first kappa shape index (κ1) is 20.6. The Labute approximate surface area is 180 Å². The summed E-state index contributed by atoms with van der Waals surface area (Å²) in [6.07, 6.45) is 3.34. The lowest BCUT2D eigenvalue weighted by atomic mass is 10.0. The normalized spacial score (nSPS) is 13.3. The van der Waals surface area contributed by atoms with E-state index in [-0.39, 0.29) is 12.1 Å². The highest BCUT2D eigenvalue weighted by molar-refractivity contribution is 6.15. The van der Waals surface area contributed by atoms with Crippen molar-refractivity contribution in [2.75, 3.05) is 13.2 Å². The van der Waals surface area contributed by atoms with Gasteiger partial charge in [-0.15, -0.1) is 0 Å². The molecular formula is C23H26N6O2. The molecule has 8 heteroatoms. The Morgan fingerprint density at radius 2 is 2.00 bits per heavy atom. The van der Waals surface area contributed by atoms with Gasteiger partial charge in [0.1, 0.15) is 12.4 Å². The summed E-state index contributed by atoms with van der Waals surface area (Å²) >= 11 is 0. The number of nitrogens with zero attached hydrogens (tertiary/aromatic N) is 3. The summed E-state index contributed by atoms with van der Waals surface area (Å²) < 4.78 is 5.69. The van der Waals surface area contributed by atoms with Gasteiger partial charge in [-0.1, -0.05) is 6.07 Å². The van der Waals surface area contributed by atoms with Gasteiger partial charge >= 0.3 is 6.03 Å². The van der Waals surface area contributed by atoms with Gasteiger partial charge < -0.3 is 15.4 Å².